The number of rotatable bonds is 9. The second kappa shape index (κ2) is 18.5. The van der Waals surface area contributed by atoms with Crippen LogP contribution in [0.25, 0.3) is 6.08 Å². The average molecular weight is 368 g/mol. The summed E-state index contributed by atoms with van der Waals surface area (Å²) < 4.78 is 3.86. The fraction of sp³-hybridized carbons (Fsp3) is 0.389. The Kier molecular flexibility index (Phi) is 18.0. The number of H-pyrrole nitrogens is 1. The van der Waals surface area contributed by atoms with Crippen molar-refractivity contribution in [3.05, 3.63) is 41.7 Å². The minimum absolute atomic E-state index is 0.110. The Bertz CT molecular complexity index is 553. The molecule has 26 heavy (non-hydrogen) atoms. The molecule has 8 heteroatoms. The van der Waals surface area contributed by atoms with Gasteiger partial charge in [-0.3, -0.25) is 14.4 Å². The molecule has 146 valence electrons. The highest BCUT2D eigenvalue weighted by molar-refractivity contribution is 5.75. The fourth-order valence-corrected chi connectivity index (χ4v) is 1.91. The largest absolute Gasteiger partial charge is 0.483 e. The molecule has 0 aromatic carbocycles. The molecule has 0 saturated carbocycles. The van der Waals surface area contributed by atoms with E-state index in [1.807, 2.05) is 25.3 Å². The van der Waals surface area contributed by atoms with Crippen molar-refractivity contribution in [2.45, 2.75) is 26.2 Å². The third-order valence-electron chi connectivity index (χ3n) is 3.08. The van der Waals surface area contributed by atoms with Crippen LogP contribution in [0.2, 0.25) is 0 Å². The van der Waals surface area contributed by atoms with E-state index in [9.17, 15) is 4.79 Å². The number of quaternary nitrogens is 1. The summed E-state index contributed by atoms with van der Waals surface area (Å²) in [5.74, 6) is 0.110. The maximum atomic E-state index is 11.5. The Hall–Kier alpha value is -2.87. The highest BCUT2D eigenvalue weighted by atomic mass is 16.5. The molecule has 1 aromatic rings. The highest BCUT2D eigenvalue weighted by Crippen LogP contribution is 2.15. The molecule has 1 rings (SSSR count). The summed E-state index contributed by atoms with van der Waals surface area (Å²) in [5.41, 5.74) is 7.27. The fourth-order valence-electron chi connectivity index (χ4n) is 1.91. The van der Waals surface area contributed by atoms with Crippen LogP contribution in [0.1, 0.15) is 29.7 Å². The van der Waals surface area contributed by atoms with Crippen LogP contribution in [-0.4, -0.2) is 49.1 Å². The lowest BCUT2D eigenvalue weighted by Crippen LogP contribution is -2.50. The van der Waals surface area contributed by atoms with Gasteiger partial charge < -0.3 is 25.9 Å². The monoisotopic (exact) mass is 368 g/mol. The van der Waals surface area contributed by atoms with Gasteiger partial charge in [-0.2, -0.15) is 0 Å². The lowest BCUT2D eigenvalue weighted by molar-refractivity contribution is -0.368. The zero-order chi connectivity index (χ0) is 20.2. The van der Waals surface area contributed by atoms with E-state index in [4.69, 9.17) is 14.7 Å². The highest BCUT2D eigenvalue weighted by Gasteiger charge is 2.06. The number of methoxy groups -OCH3 is 1. The van der Waals surface area contributed by atoms with Crippen molar-refractivity contribution in [2.24, 2.45) is 0 Å². The third-order valence-corrected chi connectivity index (χ3v) is 3.08. The third kappa shape index (κ3) is 13.6. The smallest absolute Gasteiger partial charge is 0.292 e. The molecular formula is C18H30N3O5+. The van der Waals surface area contributed by atoms with Crippen molar-refractivity contribution in [3.8, 4) is 0 Å². The van der Waals surface area contributed by atoms with Crippen molar-refractivity contribution in [2.75, 3.05) is 20.2 Å². The van der Waals surface area contributed by atoms with Crippen LogP contribution in [0.5, 0.6) is 0 Å². The van der Waals surface area contributed by atoms with Gasteiger partial charge in [-0.15, -0.1) is 0 Å². The molecule has 1 heterocycles. The number of carbonyl (C=O) groups is 3. The molecule has 0 aliphatic rings. The molecule has 0 bridgehead atoms. The number of hydrogen-bond acceptors (Lipinski definition) is 4. The van der Waals surface area contributed by atoms with Crippen LogP contribution in [0, 0.1) is 6.92 Å². The van der Waals surface area contributed by atoms with E-state index in [0.717, 1.165) is 25.1 Å². The van der Waals surface area contributed by atoms with Gasteiger partial charge in [-0.25, -0.2) is 0 Å². The zero-order valence-corrected chi connectivity index (χ0v) is 15.5. The van der Waals surface area contributed by atoms with Gasteiger partial charge >= 0.3 is 0 Å². The molecular weight excluding hydrogens is 338 g/mol. The van der Waals surface area contributed by atoms with Gasteiger partial charge in [0.25, 0.3) is 12.9 Å². The predicted molar refractivity (Wildman–Crippen MR) is 100 cm³/mol. The maximum Gasteiger partial charge on any atom is 0.292 e. The molecule has 0 aliphatic heterocycles. The molecule has 0 saturated heterocycles. The molecule has 0 aliphatic carbocycles. The second-order valence-corrected chi connectivity index (χ2v) is 4.94. The van der Waals surface area contributed by atoms with E-state index in [2.05, 4.69) is 27.4 Å². The molecule has 8 nitrogen and oxygen atoms in total. The van der Waals surface area contributed by atoms with Crippen molar-refractivity contribution < 1.29 is 30.0 Å². The zero-order valence-electron chi connectivity index (χ0n) is 15.5. The summed E-state index contributed by atoms with van der Waals surface area (Å²) in [7, 11) is 1.31. The van der Waals surface area contributed by atoms with Crippen molar-refractivity contribution >= 4 is 24.9 Å². The first kappa shape index (κ1) is 25.4. The first-order valence-electron chi connectivity index (χ1n) is 8.08. The Morgan fingerprint density at radius 2 is 2.08 bits per heavy atom. The number of carbonyl (C=O) groups excluding carboxylic acids is 2. The number of allylic oxidation sites excluding steroid dienone is 2. The normalized spacial score (nSPS) is 9.19. The van der Waals surface area contributed by atoms with Gasteiger partial charge in [-0.1, -0.05) is 24.8 Å². The van der Waals surface area contributed by atoms with Gasteiger partial charge in [0.15, 0.2) is 0 Å². The molecule has 0 fully saturated rings. The van der Waals surface area contributed by atoms with E-state index < -0.39 is 0 Å². The summed E-state index contributed by atoms with van der Waals surface area (Å²) in [6, 6.07) is 0. The molecule has 1 amide bonds. The summed E-state index contributed by atoms with van der Waals surface area (Å²) in [5, 5.41) is 9.82. The summed E-state index contributed by atoms with van der Waals surface area (Å²) in [6.45, 7) is 7.32. The lowest BCUT2D eigenvalue weighted by atomic mass is 10.1. The summed E-state index contributed by atoms with van der Waals surface area (Å²) in [4.78, 5) is 32.0. The Morgan fingerprint density at radius 1 is 1.46 bits per heavy atom. The van der Waals surface area contributed by atoms with E-state index in [-0.39, 0.29) is 12.4 Å². The van der Waals surface area contributed by atoms with Crippen LogP contribution in [0.15, 0.2) is 24.9 Å². The quantitative estimate of drug-likeness (QED) is 0.376. The molecule has 0 spiro atoms. The van der Waals surface area contributed by atoms with Crippen molar-refractivity contribution in [1.82, 2.24) is 10.3 Å². The van der Waals surface area contributed by atoms with Gasteiger partial charge in [0.2, 0.25) is 5.91 Å². The number of hydrogen-bond donors (Lipinski definition) is 4. The minimum atomic E-state index is -0.250. The second-order valence-electron chi connectivity index (χ2n) is 4.94. The standard InChI is InChI=1S/C15H23N3O.C2H4O2.CH2O2/c1-3-4-6-14-12(2)18-11-13(14)8-10-17-15(19)7-5-9-16;1-4-2-3;2-1-3/h3-4,6,11,18H,1,5,7-10,16H2,2H3,(H,17,19);2H,1H3;1H,(H,2,3)/p+1/b6-4-;;. The van der Waals surface area contributed by atoms with Gasteiger partial charge in [0, 0.05) is 31.3 Å². The van der Waals surface area contributed by atoms with Crippen LogP contribution in [0.4, 0.5) is 0 Å². The average Bonchev–Trinajstić information content (AvgIpc) is 2.98. The van der Waals surface area contributed by atoms with Crippen LogP contribution in [0.3, 0.4) is 0 Å². The van der Waals surface area contributed by atoms with E-state index >= 15 is 0 Å². The van der Waals surface area contributed by atoms with Crippen molar-refractivity contribution in [1.29, 1.82) is 0 Å². The van der Waals surface area contributed by atoms with E-state index in [0.29, 0.717) is 19.4 Å². The number of amides is 1. The van der Waals surface area contributed by atoms with Crippen LogP contribution >= 0.6 is 0 Å². The maximum absolute atomic E-state index is 11.5. The topological polar surface area (TPSA) is 136 Å². The Morgan fingerprint density at radius 3 is 2.58 bits per heavy atom. The number of aryl methyl sites for hydroxylation is 1. The summed E-state index contributed by atoms with van der Waals surface area (Å²) >= 11 is 0. The summed E-state index contributed by atoms with van der Waals surface area (Å²) in [6.07, 6.45) is 9.97. The molecule has 1 aromatic heterocycles. The van der Waals surface area contributed by atoms with Crippen LogP contribution in [-0.2, 0) is 25.5 Å². The SMILES string of the molecule is C=C/C=C\c1c(CCNC(=O)CCC[NH3+])c[nH]c1C.COC=O.O=CO. The van der Waals surface area contributed by atoms with E-state index in [1.165, 1.54) is 18.2 Å². The Balaban J connectivity index is 0. The molecule has 0 radical (unpaired) electrons. The number of carboxylic acid groups (broad SMARTS) is 1. The number of aromatic amines is 1. The first-order valence-corrected chi connectivity index (χ1v) is 8.08. The Labute approximate surface area is 154 Å². The molecule has 0 atom stereocenters. The van der Waals surface area contributed by atoms with Gasteiger partial charge in [0.05, 0.1) is 13.7 Å². The van der Waals surface area contributed by atoms with E-state index in [1.54, 1.807) is 6.08 Å². The number of ether oxygens (including phenoxy) is 1. The van der Waals surface area contributed by atoms with Crippen LogP contribution < -0.4 is 11.1 Å². The van der Waals surface area contributed by atoms with Gasteiger partial charge in [0.1, 0.15) is 0 Å². The van der Waals surface area contributed by atoms with Crippen molar-refractivity contribution in [3.63, 3.8) is 0 Å². The molecule has 6 N–H and O–H groups in total. The number of aromatic nitrogens is 1. The predicted octanol–water partition coefficient (Wildman–Crippen LogP) is 0.693. The lowest BCUT2D eigenvalue weighted by Gasteiger charge is -2.04. The first-order chi connectivity index (χ1) is 12.5. The number of nitrogens with one attached hydrogen (secondary N) is 2. The minimum Gasteiger partial charge on any atom is -0.483 e. The van der Waals surface area contributed by atoms with Gasteiger partial charge in [-0.05, 0) is 24.5 Å². The molecule has 0 unspecified atom stereocenters.